The number of carboxylic acids is 1. The van der Waals surface area contributed by atoms with E-state index in [0.717, 1.165) is 30.6 Å². The smallest absolute Gasteiger partial charge is 0.337 e. The van der Waals surface area contributed by atoms with Crippen LogP contribution in [-0.4, -0.2) is 56.6 Å². The van der Waals surface area contributed by atoms with Crippen LogP contribution in [0, 0.1) is 6.92 Å². The van der Waals surface area contributed by atoms with Gasteiger partial charge in [-0.3, -0.25) is 0 Å². The van der Waals surface area contributed by atoms with Crippen molar-refractivity contribution in [3.63, 3.8) is 0 Å². The van der Waals surface area contributed by atoms with Crippen molar-refractivity contribution >= 4 is 17.4 Å². The SMILES string of the molecule is Cc1nc2cc3nn2c(c1[C@H](OC(C)(C)C)C(=O)O)N1CCC(C)(CC1)OC/C=C\Cc1ccccc1OC3. The van der Waals surface area contributed by atoms with Gasteiger partial charge in [0.15, 0.2) is 11.8 Å². The van der Waals surface area contributed by atoms with E-state index in [0.29, 0.717) is 48.1 Å². The number of anilines is 1. The Morgan fingerprint density at radius 2 is 1.92 bits per heavy atom. The molecule has 0 spiro atoms. The van der Waals surface area contributed by atoms with Gasteiger partial charge in [-0.15, -0.1) is 0 Å². The molecule has 0 radical (unpaired) electrons. The first-order chi connectivity index (χ1) is 18.5. The first-order valence-electron chi connectivity index (χ1n) is 13.6. The molecule has 0 aliphatic carbocycles. The normalized spacial score (nSPS) is 19.4. The Morgan fingerprint density at radius 1 is 1.18 bits per heavy atom. The maximum absolute atomic E-state index is 12.6. The first-order valence-corrected chi connectivity index (χ1v) is 13.6. The molecule has 5 heterocycles. The zero-order valence-electron chi connectivity index (χ0n) is 23.4. The van der Waals surface area contributed by atoms with Crippen LogP contribution in [0.1, 0.15) is 69.2 Å². The number of hydrogen-bond acceptors (Lipinski definition) is 7. The number of para-hydroxylation sites is 1. The van der Waals surface area contributed by atoms with E-state index in [1.807, 2.05) is 52.0 Å². The third-order valence-corrected chi connectivity index (χ3v) is 7.31. The Morgan fingerprint density at radius 3 is 2.64 bits per heavy atom. The molecule has 3 aliphatic rings. The van der Waals surface area contributed by atoms with Crippen molar-refractivity contribution in [3.05, 3.63) is 65.0 Å². The van der Waals surface area contributed by atoms with Gasteiger partial charge in [0.2, 0.25) is 0 Å². The quantitative estimate of drug-likeness (QED) is 0.467. The van der Waals surface area contributed by atoms with E-state index in [9.17, 15) is 9.90 Å². The molecule has 208 valence electrons. The summed E-state index contributed by atoms with van der Waals surface area (Å²) in [6, 6.07) is 9.89. The summed E-state index contributed by atoms with van der Waals surface area (Å²) in [5.41, 5.74) is 2.62. The fourth-order valence-electron chi connectivity index (χ4n) is 5.26. The number of aryl methyl sites for hydroxylation is 1. The number of benzene rings is 1. The second-order valence-corrected chi connectivity index (χ2v) is 11.6. The summed E-state index contributed by atoms with van der Waals surface area (Å²) in [7, 11) is 0. The first kappa shape index (κ1) is 27.1. The molecule has 3 aromatic rings. The van der Waals surface area contributed by atoms with E-state index in [4.69, 9.17) is 24.3 Å². The maximum atomic E-state index is 12.6. The number of nitrogens with zero attached hydrogens (tertiary/aromatic N) is 4. The lowest BCUT2D eigenvalue weighted by atomic mass is 9.92. The van der Waals surface area contributed by atoms with Gasteiger partial charge in [-0.2, -0.15) is 9.61 Å². The standard InChI is InChI=1S/C30H38N4O5/c1-20-25(26(28(35)36)39-29(2,3)4)27-33-15-13-30(5,14-16-33)38-17-9-8-11-21-10-6-7-12-23(21)37-19-22-18-24(31-20)34(27)32-22/h6-10,12,18,26H,11,13-17,19H2,1-5H3,(H,35,36)/b9-8-/t26-/m0/s1. The predicted molar refractivity (Wildman–Crippen MR) is 148 cm³/mol. The second-order valence-electron chi connectivity index (χ2n) is 11.6. The van der Waals surface area contributed by atoms with Crippen molar-refractivity contribution in [1.82, 2.24) is 14.6 Å². The number of rotatable bonds is 3. The highest BCUT2D eigenvalue weighted by atomic mass is 16.5. The molecule has 9 heteroatoms. The van der Waals surface area contributed by atoms with Crippen LogP contribution in [0.2, 0.25) is 0 Å². The molecule has 1 atom stereocenters. The average Bonchev–Trinajstić information content (AvgIpc) is 3.28. The number of piperidine rings is 1. The lowest BCUT2D eigenvalue weighted by Gasteiger charge is -2.41. The Kier molecular flexibility index (Phi) is 7.39. The van der Waals surface area contributed by atoms with Crippen LogP contribution in [0.25, 0.3) is 5.65 Å². The third kappa shape index (κ3) is 5.94. The van der Waals surface area contributed by atoms with Crippen molar-refractivity contribution < 1.29 is 24.1 Å². The molecule has 4 bridgehead atoms. The number of carboxylic acid groups (broad SMARTS) is 1. The number of aromatic nitrogens is 3. The molecule has 1 saturated heterocycles. The van der Waals surface area contributed by atoms with Gasteiger partial charge < -0.3 is 24.2 Å². The van der Waals surface area contributed by atoms with Crippen LogP contribution >= 0.6 is 0 Å². The number of fused-ring (bicyclic) bond motifs is 6. The number of aliphatic carboxylic acids is 1. The van der Waals surface area contributed by atoms with E-state index < -0.39 is 17.7 Å². The minimum absolute atomic E-state index is 0.264. The summed E-state index contributed by atoms with van der Waals surface area (Å²) in [6.45, 7) is 11.7. The van der Waals surface area contributed by atoms with E-state index in [2.05, 4.69) is 30.0 Å². The molecule has 6 rings (SSSR count). The molecular weight excluding hydrogens is 496 g/mol. The van der Waals surface area contributed by atoms with Gasteiger partial charge in [0.25, 0.3) is 0 Å². The van der Waals surface area contributed by atoms with Crippen LogP contribution in [0.4, 0.5) is 5.82 Å². The Hall–Kier alpha value is -3.43. The van der Waals surface area contributed by atoms with Crippen LogP contribution in [0.3, 0.4) is 0 Å². The Bertz CT molecular complexity index is 1380. The molecule has 1 N–H and O–H groups in total. The van der Waals surface area contributed by atoms with Gasteiger partial charge in [0, 0.05) is 24.8 Å². The monoisotopic (exact) mass is 534 g/mol. The Labute approximate surface area is 229 Å². The van der Waals surface area contributed by atoms with Crippen LogP contribution < -0.4 is 9.64 Å². The van der Waals surface area contributed by atoms with Crippen molar-refractivity contribution in [2.24, 2.45) is 0 Å². The summed E-state index contributed by atoms with van der Waals surface area (Å²) in [5, 5.41) is 15.2. The number of hydrogen-bond donors (Lipinski definition) is 1. The van der Waals surface area contributed by atoms with E-state index >= 15 is 0 Å². The summed E-state index contributed by atoms with van der Waals surface area (Å²) in [4.78, 5) is 19.6. The van der Waals surface area contributed by atoms with Gasteiger partial charge in [0.05, 0.1) is 23.4 Å². The minimum atomic E-state index is -1.20. The van der Waals surface area contributed by atoms with E-state index in [-0.39, 0.29) is 12.2 Å². The third-order valence-electron chi connectivity index (χ3n) is 7.31. The predicted octanol–water partition coefficient (Wildman–Crippen LogP) is 5.05. The minimum Gasteiger partial charge on any atom is -0.487 e. The molecule has 0 saturated carbocycles. The molecular formula is C30H38N4O5. The van der Waals surface area contributed by atoms with Crippen LogP contribution in [0.5, 0.6) is 5.75 Å². The van der Waals surface area contributed by atoms with Gasteiger partial charge >= 0.3 is 5.97 Å². The fraction of sp³-hybridized carbons (Fsp3) is 0.500. The molecule has 9 nitrogen and oxygen atoms in total. The molecule has 0 unspecified atom stereocenters. The summed E-state index contributed by atoms with van der Waals surface area (Å²) >= 11 is 0. The summed E-state index contributed by atoms with van der Waals surface area (Å²) < 4.78 is 20.4. The molecule has 1 fully saturated rings. The van der Waals surface area contributed by atoms with Crippen molar-refractivity contribution in [3.8, 4) is 5.75 Å². The number of allylic oxidation sites excluding steroid dienone is 1. The van der Waals surface area contributed by atoms with Gasteiger partial charge in [-0.25, -0.2) is 9.78 Å². The number of carbonyl (C=O) groups is 1. The van der Waals surface area contributed by atoms with Crippen molar-refractivity contribution in [2.75, 3.05) is 24.6 Å². The zero-order chi connectivity index (χ0) is 27.8. The average molecular weight is 535 g/mol. The van der Waals surface area contributed by atoms with Crippen molar-refractivity contribution in [2.45, 2.75) is 77.8 Å². The molecule has 2 aromatic heterocycles. The Balaban J connectivity index is 1.64. The van der Waals surface area contributed by atoms with Gasteiger partial charge in [-0.1, -0.05) is 30.4 Å². The molecule has 0 amide bonds. The zero-order valence-corrected chi connectivity index (χ0v) is 23.4. The second kappa shape index (κ2) is 10.6. The fourth-order valence-corrected chi connectivity index (χ4v) is 5.26. The largest absolute Gasteiger partial charge is 0.487 e. The maximum Gasteiger partial charge on any atom is 0.337 e. The highest BCUT2D eigenvalue weighted by Gasteiger charge is 2.37. The summed E-state index contributed by atoms with van der Waals surface area (Å²) in [6.07, 6.45) is 5.32. The van der Waals surface area contributed by atoms with E-state index in [1.165, 1.54) is 0 Å². The van der Waals surface area contributed by atoms with Gasteiger partial charge in [0.1, 0.15) is 23.9 Å². The van der Waals surface area contributed by atoms with Crippen LogP contribution in [-0.2, 0) is 27.3 Å². The molecule has 39 heavy (non-hydrogen) atoms. The molecule has 1 aromatic carbocycles. The highest BCUT2D eigenvalue weighted by molar-refractivity contribution is 5.78. The van der Waals surface area contributed by atoms with Gasteiger partial charge in [-0.05, 0) is 65.5 Å². The van der Waals surface area contributed by atoms with Crippen LogP contribution in [0.15, 0.2) is 42.5 Å². The van der Waals surface area contributed by atoms with Crippen molar-refractivity contribution in [1.29, 1.82) is 0 Å². The summed E-state index contributed by atoms with van der Waals surface area (Å²) in [5.74, 6) is 0.444. The van der Waals surface area contributed by atoms with E-state index in [1.54, 1.807) is 4.52 Å². The number of ether oxygens (including phenoxy) is 3. The molecule has 3 aliphatic heterocycles. The highest BCUT2D eigenvalue weighted by Crippen LogP contribution is 2.37. The lowest BCUT2D eigenvalue weighted by Crippen LogP contribution is -2.45. The lowest BCUT2D eigenvalue weighted by molar-refractivity contribution is -0.160. The topological polar surface area (TPSA) is 98.4 Å².